The molecule has 1 aliphatic rings. The number of ether oxygens (including phenoxy) is 1. The molecule has 0 atom stereocenters. The highest BCUT2D eigenvalue weighted by molar-refractivity contribution is 7.89. The highest BCUT2D eigenvalue weighted by atomic mass is 32.2. The van der Waals surface area contributed by atoms with Crippen LogP contribution in [0.5, 0.6) is 0 Å². The van der Waals surface area contributed by atoms with E-state index in [0.29, 0.717) is 18.7 Å². The predicted molar refractivity (Wildman–Crippen MR) is 69.2 cm³/mol. The first-order valence-corrected chi connectivity index (χ1v) is 7.26. The Bertz CT molecular complexity index is 560. The molecule has 2 rings (SSSR count). The van der Waals surface area contributed by atoms with E-state index in [4.69, 9.17) is 4.74 Å². The Labute approximate surface area is 112 Å². The lowest BCUT2D eigenvalue weighted by atomic mass is 10.2. The Hall–Kier alpha value is -1.44. The third-order valence-electron chi connectivity index (χ3n) is 2.92. The molecule has 19 heavy (non-hydrogen) atoms. The smallest absolute Gasteiger partial charge is 0.255 e. The molecule has 6 nitrogen and oxygen atoms in total. The summed E-state index contributed by atoms with van der Waals surface area (Å²) in [4.78, 5) is 13.8. The van der Waals surface area contributed by atoms with Crippen LogP contribution in [0.1, 0.15) is 10.4 Å². The molecule has 104 valence electrons. The minimum Gasteiger partial charge on any atom is -0.359 e. The fraction of sp³-hybridized carbons (Fsp3) is 0.417. The largest absolute Gasteiger partial charge is 0.359 e. The van der Waals surface area contributed by atoms with Crippen LogP contribution >= 0.6 is 0 Å². The molecule has 1 fully saturated rings. The summed E-state index contributed by atoms with van der Waals surface area (Å²) >= 11 is 0. The van der Waals surface area contributed by atoms with E-state index in [9.17, 15) is 13.2 Å². The van der Waals surface area contributed by atoms with Crippen molar-refractivity contribution in [3.05, 3.63) is 29.8 Å². The number of carbonyl (C=O) groups excluding carboxylic acids is 1. The van der Waals surface area contributed by atoms with Crippen LogP contribution in [0.2, 0.25) is 0 Å². The van der Waals surface area contributed by atoms with Gasteiger partial charge in [0, 0.05) is 26.2 Å². The molecular weight excluding hydrogens is 268 g/mol. The molecule has 0 aromatic heterocycles. The summed E-state index contributed by atoms with van der Waals surface area (Å²) in [5.74, 6) is -0.147. The minimum atomic E-state index is -3.45. The molecule has 7 heteroatoms. The number of amides is 1. The molecule has 1 aromatic carbocycles. The molecular formula is C12H16N2O4S. The van der Waals surface area contributed by atoms with Gasteiger partial charge in [-0.2, -0.15) is 0 Å². The van der Waals surface area contributed by atoms with Crippen molar-refractivity contribution in [2.45, 2.75) is 4.90 Å². The summed E-state index contributed by atoms with van der Waals surface area (Å²) in [7, 11) is -0.518. The lowest BCUT2D eigenvalue weighted by molar-refractivity contribution is 0.0695. The van der Waals surface area contributed by atoms with Crippen molar-refractivity contribution in [2.75, 3.05) is 34.0 Å². The first kappa shape index (κ1) is 14.0. The van der Waals surface area contributed by atoms with Crippen molar-refractivity contribution in [2.24, 2.45) is 0 Å². The van der Waals surface area contributed by atoms with Crippen molar-refractivity contribution in [1.82, 2.24) is 9.21 Å². The maximum absolute atomic E-state index is 12.0. The summed E-state index contributed by atoms with van der Waals surface area (Å²) in [5.41, 5.74) is 0.461. The Morgan fingerprint density at radius 1 is 1.26 bits per heavy atom. The van der Waals surface area contributed by atoms with Crippen LogP contribution in [0.15, 0.2) is 29.2 Å². The lowest BCUT2D eigenvalue weighted by Gasteiger charge is -2.14. The average molecular weight is 284 g/mol. The van der Waals surface area contributed by atoms with E-state index in [1.54, 1.807) is 4.90 Å². The normalized spacial score (nSPS) is 16.1. The van der Waals surface area contributed by atoms with Gasteiger partial charge in [0.1, 0.15) is 6.73 Å². The van der Waals surface area contributed by atoms with Crippen LogP contribution in [-0.4, -0.2) is 57.5 Å². The van der Waals surface area contributed by atoms with Crippen LogP contribution < -0.4 is 0 Å². The molecule has 0 aliphatic carbocycles. The molecule has 0 spiro atoms. The van der Waals surface area contributed by atoms with Gasteiger partial charge >= 0.3 is 0 Å². The second-order valence-electron chi connectivity index (χ2n) is 4.42. The summed E-state index contributed by atoms with van der Waals surface area (Å²) < 4.78 is 30.0. The van der Waals surface area contributed by atoms with Gasteiger partial charge in [0.15, 0.2) is 0 Å². The van der Waals surface area contributed by atoms with E-state index in [1.807, 2.05) is 0 Å². The Morgan fingerprint density at radius 2 is 1.89 bits per heavy atom. The average Bonchev–Trinajstić information content (AvgIpc) is 2.91. The van der Waals surface area contributed by atoms with E-state index in [0.717, 1.165) is 4.31 Å². The van der Waals surface area contributed by atoms with Gasteiger partial charge in [0.2, 0.25) is 10.0 Å². The number of sulfonamides is 1. The number of nitrogens with zero attached hydrogens (tertiary/aromatic N) is 2. The zero-order chi connectivity index (χ0) is 14.0. The van der Waals surface area contributed by atoms with Crippen molar-refractivity contribution >= 4 is 15.9 Å². The highest BCUT2D eigenvalue weighted by Crippen LogP contribution is 2.15. The van der Waals surface area contributed by atoms with Gasteiger partial charge in [-0.05, 0) is 24.3 Å². The molecule has 1 saturated heterocycles. The molecule has 0 radical (unpaired) electrons. The second-order valence-corrected chi connectivity index (χ2v) is 6.57. The van der Waals surface area contributed by atoms with Gasteiger partial charge in [-0.15, -0.1) is 0 Å². The molecule has 0 bridgehead atoms. The van der Waals surface area contributed by atoms with Crippen LogP contribution in [0.25, 0.3) is 0 Å². The fourth-order valence-corrected chi connectivity index (χ4v) is 2.64. The zero-order valence-electron chi connectivity index (χ0n) is 10.9. The van der Waals surface area contributed by atoms with E-state index < -0.39 is 10.0 Å². The third kappa shape index (κ3) is 2.78. The lowest BCUT2D eigenvalue weighted by Crippen LogP contribution is -2.28. The number of benzene rings is 1. The van der Waals surface area contributed by atoms with Crippen molar-refractivity contribution in [3.63, 3.8) is 0 Å². The zero-order valence-corrected chi connectivity index (χ0v) is 11.7. The van der Waals surface area contributed by atoms with E-state index >= 15 is 0 Å². The maximum Gasteiger partial charge on any atom is 0.255 e. The van der Waals surface area contributed by atoms with Crippen molar-refractivity contribution < 1.29 is 17.9 Å². The third-order valence-corrected chi connectivity index (χ3v) is 4.75. The summed E-state index contributed by atoms with van der Waals surface area (Å²) in [6.45, 7) is 1.39. The van der Waals surface area contributed by atoms with Gasteiger partial charge in [-0.1, -0.05) is 0 Å². The minimum absolute atomic E-state index is 0.147. The van der Waals surface area contributed by atoms with Gasteiger partial charge in [-0.3, -0.25) is 4.79 Å². The number of hydrogen-bond acceptors (Lipinski definition) is 4. The Kier molecular flexibility index (Phi) is 3.88. The molecule has 1 heterocycles. The van der Waals surface area contributed by atoms with E-state index in [1.165, 1.54) is 38.4 Å². The molecule has 1 aliphatic heterocycles. The standard InChI is InChI=1S/C12H16N2O4S/c1-13(2)19(16,17)11-5-3-10(4-6-11)12(15)14-7-8-18-9-14/h3-6H,7-9H2,1-2H3. The van der Waals surface area contributed by atoms with Gasteiger partial charge < -0.3 is 9.64 Å². The fourth-order valence-electron chi connectivity index (χ4n) is 1.74. The summed E-state index contributed by atoms with van der Waals surface area (Å²) in [6.07, 6.45) is 0. The number of carbonyl (C=O) groups is 1. The Balaban J connectivity index is 2.21. The van der Waals surface area contributed by atoms with Gasteiger partial charge in [0.25, 0.3) is 5.91 Å². The first-order chi connectivity index (χ1) is 8.93. The van der Waals surface area contributed by atoms with Gasteiger partial charge in [-0.25, -0.2) is 12.7 Å². The first-order valence-electron chi connectivity index (χ1n) is 5.82. The molecule has 0 N–H and O–H groups in total. The van der Waals surface area contributed by atoms with E-state index in [2.05, 4.69) is 0 Å². The van der Waals surface area contributed by atoms with Crippen LogP contribution in [0, 0.1) is 0 Å². The van der Waals surface area contributed by atoms with Gasteiger partial charge in [0.05, 0.1) is 11.5 Å². The number of hydrogen-bond donors (Lipinski definition) is 0. The summed E-state index contributed by atoms with van der Waals surface area (Å²) in [5, 5.41) is 0. The molecule has 1 aromatic rings. The van der Waals surface area contributed by atoms with Crippen LogP contribution in [0.4, 0.5) is 0 Å². The SMILES string of the molecule is CN(C)S(=O)(=O)c1ccc(C(=O)N2CCOC2)cc1. The van der Waals surface area contributed by atoms with Crippen LogP contribution in [-0.2, 0) is 14.8 Å². The monoisotopic (exact) mass is 284 g/mol. The topological polar surface area (TPSA) is 66.9 Å². The number of rotatable bonds is 3. The van der Waals surface area contributed by atoms with Crippen LogP contribution in [0.3, 0.4) is 0 Å². The highest BCUT2D eigenvalue weighted by Gasteiger charge is 2.21. The second kappa shape index (κ2) is 5.28. The van der Waals surface area contributed by atoms with Crippen molar-refractivity contribution in [1.29, 1.82) is 0 Å². The molecule has 0 unspecified atom stereocenters. The quantitative estimate of drug-likeness (QED) is 0.804. The maximum atomic E-state index is 12.0. The van der Waals surface area contributed by atoms with E-state index in [-0.39, 0.29) is 17.5 Å². The summed E-state index contributed by atoms with van der Waals surface area (Å²) in [6, 6.07) is 5.94. The molecule has 0 saturated carbocycles. The Morgan fingerprint density at radius 3 is 2.37 bits per heavy atom. The molecule has 1 amide bonds. The van der Waals surface area contributed by atoms with Crippen molar-refractivity contribution in [3.8, 4) is 0 Å². The predicted octanol–water partition coefficient (Wildman–Crippen LogP) is 0.367.